The lowest BCUT2D eigenvalue weighted by Gasteiger charge is -2.02. The molecule has 0 aliphatic rings. The third kappa shape index (κ3) is 4.64. The molecular weight excluding hydrogens is 432 g/mol. The summed E-state index contributed by atoms with van der Waals surface area (Å²) >= 11 is 10.5. The van der Waals surface area contributed by atoms with Crippen LogP contribution in [0.4, 0.5) is 0 Å². The van der Waals surface area contributed by atoms with Crippen LogP contribution in [0.5, 0.6) is 0 Å². The maximum Gasteiger partial charge on any atom is 0.270 e. The van der Waals surface area contributed by atoms with Crippen LogP contribution in [0, 0.1) is 0 Å². The minimum absolute atomic E-state index is 0.151. The zero-order chi connectivity index (χ0) is 19.3. The van der Waals surface area contributed by atoms with Gasteiger partial charge in [0.25, 0.3) is 5.91 Å². The van der Waals surface area contributed by atoms with Gasteiger partial charge in [-0.2, -0.15) is 0 Å². The van der Waals surface area contributed by atoms with Crippen molar-refractivity contribution in [2.24, 2.45) is 0 Å². The standard InChI is InChI=1S/C19H15ClN4OS3/c20-16-4-3-15(28-16)19-24-14(11-27-19)18(25)22-7-1-2-17-23-13(10-26-17)12-5-8-21-9-6-12/h3-6,8-11H,1-2,7H2,(H,22,25). The summed E-state index contributed by atoms with van der Waals surface area (Å²) in [5.41, 5.74) is 2.48. The van der Waals surface area contributed by atoms with E-state index in [9.17, 15) is 4.79 Å². The number of pyridine rings is 1. The smallest absolute Gasteiger partial charge is 0.270 e. The summed E-state index contributed by atoms with van der Waals surface area (Å²) in [5.74, 6) is -0.151. The number of nitrogens with one attached hydrogen (secondary N) is 1. The number of hydrogen-bond acceptors (Lipinski definition) is 7. The Kier molecular flexibility index (Phi) is 6.11. The molecule has 0 saturated carbocycles. The summed E-state index contributed by atoms with van der Waals surface area (Å²) in [7, 11) is 0. The summed E-state index contributed by atoms with van der Waals surface area (Å²) in [5, 5.41) is 8.63. The van der Waals surface area contributed by atoms with Gasteiger partial charge in [0.15, 0.2) is 0 Å². The van der Waals surface area contributed by atoms with Gasteiger partial charge in [-0.25, -0.2) is 9.97 Å². The fourth-order valence-corrected chi connectivity index (χ4v) is 5.30. The van der Waals surface area contributed by atoms with Gasteiger partial charge in [-0.3, -0.25) is 9.78 Å². The number of carbonyl (C=O) groups is 1. The number of thiazole rings is 2. The van der Waals surface area contributed by atoms with Crippen molar-refractivity contribution in [1.29, 1.82) is 0 Å². The Morgan fingerprint density at radius 2 is 1.93 bits per heavy atom. The zero-order valence-electron chi connectivity index (χ0n) is 14.6. The lowest BCUT2D eigenvalue weighted by molar-refractivity contribution is 0.0949. The largest absolute Gasteiger partial charge is 0.351 e. The van der Waals surface area contributed by atoms with E-state index in [1.807, 2.05) is 24.3 Å². The summed E-state index contributed by atoms with van der Waals surface area (Å²) < 4.78 is 0.713. The molecule has 9 heteroatoms. The first-order chi connectivity index (χ1) is 13.7. The molecule has 4 heterocycles. The van der Waals surface area contributed by atoms with Gasteiger partial charge in [0.1, 0.15) is 10.7 Å². The molecule has 142 valence electrons. The maximum atomic E-state index is 12.3. The van der Waals surface area contributed by atoms with E-state index in [-0.39, 0.29) is 5.91 Å². The lowest BCUT2D eigenvalue weighted by atomic mass is 10.2. The van der Waals surface area contributed by atoms with E-state index in [2.05, 4.69) is 25.6 Å². The van der Waals surface area contributed by atoms with E-state index in [0.29, 0.717) is 16.6 Å². The van der Waals surface area contributed by atoms with E-state index >= 15 is 0 Å². The minimum atomic E-state index is -0.151. The van der Waals surface area contributed by atoms with Crippen molar-refractivity contribution in [3.63, 3.8) is 0 Å². The summed E-state index contributed by atoms with van der Waals surface area (Å²) in [6.07, 6.45) is 5.18. The normalized spacial score (nSPS) is 10.9. The number of thiophene rings is 1. The molecule has 4 aromatic rings. The third-order valence-electron chi connectivity index (χ3n) is 3.90. The number of amides is 1. The number of nitrogens with zero attached hydrogens (tertiary/aromatic N) is 3. The summed E-state index contributed by atoms with van der Waals surface area (Å²) in [6.45, 7) is 0.584. The molecule has 4 aromatic heterocycles. The second-order valence-corrected chi connectivity index (χ2v) is 9.38. The van der Waals surface area contributed by atoms with Crippen molar-refractivity contribution in [3.8, 4) is 21.1 Å². The number of aryl methyl sites for hydroxylation is 1. The number of rotatable bonds is 7. The van der Waals surface area contributed by atoms with Gasteiger partial charge in [-0.15, -0.1) is 34.0 Å². The van der Waals surface area contributed by atoms with Crippen LogP contribution in [0.1, 0.15) is 21.9 Å². The van der Waals surface area contributed by atoms with E-state index in [4.69, 9.17) is 11.6 Å². The predicted molar refractivity (Wildman–Crippen MR) is 116 cm³/mol. The van der Waals surface area contributed by atoms with Crippen molar-refractivity contribution in [3.05, 3.63) is 62.5 Å². The van der Waals surface area contributed by atoms with Gasteiger partial charge < -0.3 is 5.32 Å². The molecule has 5 nitrogen and oxygen atoms in total. The molecule has 0 saturated heterocycles. The highest BCUT2D eigenvalue weighted by Gasteiger charge is 2.13. The van der Waals surface area contributed by atoms with Gasteiger partial charge in [-0.1, -0.05) is 11.6 Å². The lowest BCUT2D eigenvalue weighted by Crippen LogP contribution is -2.25. The molecule has 0 aliphatic carbocycles. The van der Waals surface area contributed by atoms with Gasteiger partial charge in [-0.05, 0) is 30.7 Å². The Balaban J connectivity index is 1.26. The molecule has 0 radical (unpaired) electrons. The zero-order valence-corrected chi connectivity index (χ0v) is 17.8. The molecule has 0 unspecified atom stereocenters. The average Bonchev–Trinajstić information content (AvgIpc) is 3.46. The first-order valence-corrected chi connectivity index (χ1v) is 11.5. The summed E-state index contributed by atoms with van der Waals surface area (Å²) in [4.78, 5) is 26.3. The molecule has 4 rings (SSSR count). The fraction of sp³-hybridized carbons (Fsp3) is 0.158. The van der Waals surface area contributed by atoms with Crippen molar-refractivity contribution >= 4 is 51.5 Å². The molecule has 0 aromatic carbocycles. The fourth-order valence-electron chi connectivity index (χ4n) is 2.53. The topological polar surface area (TPSA) is 67.8 Å². The molecule has 0 aliphatic heterocycles. The van der Waals surface area contributed by atoms with Gasteiger partial charge in [0.2, 0.25) is 0 Å². The highest BCUT2D eigenvalue weighted by atomic mass is 35.5. The van der Waals surface area contributed by atoms with Crippen molar-refractivity contribution in [2.45, 2.75) is 12.8 Å². The van der Waals surface area contributed by atoms with Crippen molar-refractivity contribution in [1.82, 2.24) is 20.3 Å². The van der Waals surface area contributed by atoms with Crippen LogP contribution < -0.4 is 5.32 Å². The molecule has 0 spiro atoms. The van der Waals surface area contributed by atoms with Crippen molar-refractivity contribution in [2.75, 3.05) is 6.54 Å². The highest BCUT2D eigenvalue weighted by Crippen LogP contribution is 2.32. The molecule has 0 atom stereocenters. The second-order valence-electron chi connectivity index (χ2n) is 5.86. The number of carbonyl (C=O) groups excluding carboxylic acids is 1. The van der Waals surface area contributed by atoms with Gasteiger partial charge in [0, 0.05) is 41.7 Å². The van der Waals surface area contributed by atoms with Crippen LogP contribution in [0.2, 0.25) is 4.34 Å². The first-order valence-electron chi connectivity index (χ1n) is 8.53. The van der Waals surface area contributed by atoms with Crippen LogP contribution in [-0.2, 0) is 6.42 Å². The Morgan fingerprint density at radius 3 is 2.71 bits per heavy atom. The van der Waals surface area contributed by atoms with Crippen LogP contribution >= 0.6 is 45.6 Å². The Labute approximate surface area is 179 Å². The molecule has 1 amide bonds. The monoisotopic (exact) mass is 446 g/mol. The molecule has 28 heavy (non-hydrogen) atoms. The SMILES string of the molecule is O=C(NCCCc1nc(-c2ccncc2)cs1)c1csc(-c2ccc(Cl)s2)n1. The van der Waals surface area contributed by atoms with Crippen molar-refractivity contribution < 1.29 is 4.79 Å². The van der Waals surface area contributed by atoms with Crippen LogP contribution in [-0.4, -0.2) is 27.4 Å². The molecule has 1 N–H and O–H groups in total. The van der Waals surface area contributed by atoms with Crippen LogP contribution in [0.3, 0.4) is 0 Å². The first kappa shape index (κ1) is 19.2. The third-order valence-corrected chi connectivity index (χ3v) is 7.05. The second kappa shape index (κ2) is 8.91. The van der Waals surface area contributed by atoms with Gasteiger partial charge in [0.05, 0.1) is 19.9 Å². The quantitative estimate of drug-likeness (QED) is 0.385. The predicted octanol–water partition coefficient (Wildman–Crippen LogP) is 5.41. The van der Waals surface area contributed by atoms with E-state index in [0.717, 1.165) is 39.0 Å². The molecule has 0 bridgehead atoms. The van der Waals surface area contributed by atoms with E-state index in [1.54, 1.807) is 29.1 Å². The Morgan fingerprint density at radius 1 is 1.07 bits per heavy atom. The number of halogens is 1. The molecular formula is C19H15ClN4OS3. The summed E-state index contributed by atoms with van der Waals surface area (Å²) in [6, 6.07) is 7.65. The average molecular weight is 447 g/mol. The molecule has 0 fully saturated rings. The number of aromatic nitrogens is 3. The van der Waals surface area contributed by atoms with Crippen LogP contribution in [0.15, 0.2) is 47.4 Å². The maximum absolute atomic E-state index is 12.3. The highest BCUT2D eigenvalue weighted by molar-refractivity contribution is 7.23. The van der Waals surface area contributed by atoms with E-state index in [1.165, 1.54) is 22.7 Å². The Hall–Kier alpha value is -2.13. The van der Waals surface area contributed by atoms with Crippen LogP contribution in [0.25, 0.3) is 21.1 Å². The van der Waals surface area contributed by atoms with Gasteiger partial charge >= 0.3 is 0 Å². The Bertz CT molecular complexity index is 1070. The minimum Gasteiger partial charge on any atom is -0.351 e. The number of hydrogen-bond donors (Lipinski definition) is 1. The van der Waals surface area contributed by atoms with E-state index < -0.39 is 0 Å².